The van der Waals surface area contributed by atoms with Crippen molar-refractivity contribution in [1.29, 1.82) is 0 Å². The van der Waals surface area contributed by atoms with Crippen molar-refractivity contribution < 1.29 is 22.7 Å². The number of aromatic amines is 1. The molecule has 6 rings (SSSR count). The molecule has 5 aromatic rings. The molecular formula is C25H22F3N7O2. The van der Waals surface area contributed by atoms with Gasteiger partial charge in [0.15, 0.2) is 0 Å². The molecule has 0 radical (unpaired) electrons. The summed E-state index contributed by atoms with van der Waals surface area (Å²) in [6, 6.07) is 6.70. The van der Waals surface area contributed by atoms with E-state index in [0.29, 0.717) is 48.5 Å². The zero-order valence-electron chi connectivity index (χ0n) is 19.7. The first-order valence-electron chi connectivity index (χ1n) is 11.7. The number of aromatic nitrogens is 6. The van der Waals surface area contributed by atoms with Crippen LogP contribution in [0.15, 0.2) is 55.2 Å². The summed E-state index contributed by atoms with van der Waals surface area (Å²) in [7, 11) is 1.63. The third kappa shape index (κ3) is 3.93. The average Bonchev–Trinajstić information content (AvgIpc) is 3.62. The van der Waals surface area contributed by atoms with Gasteiger partial charge in [-0.15, -0.1) is 0 Å². The fourth-order valence-electron chi connectivity index (χ4n) is 4.92. The molecule has 1 atom stereocenters. The van der Waals surface area contributed by atoms with Crippen molar-refractivity contribution in [1.82, 2.24) is 34.1 Å². The number of hydrogen-bond acceptors (Lipinski definition) is 5. The SMILES string of the molecule is COCCc1ccc2c(C(=O)N3CCc4[nH]cnc4C3c3cc4c(C(F)(F)F)cccn4n3)cnn2c1. The second kappa shape index (κ2) is 8.73. The monoisotopic (exact) mass is 509 g/mol. The summed E-state index contributed by atoms with van der Waals surface area (Å²) >= 11 is 0. The molecule has 1 N–H and O–H groups in total. The zero-order chi connectivity index (χ0) is 25.7. The van der Waals surface area contributed by atoms with Crippen molar-refractivity contribution in [2.45, 2.75) is 25.1 Å². The molecule has 1 aliphatic rings. The van der Waals surface area contributed by atoms with Gasteiger partial charge in [0, 0.05) is 38.2 Å². The lowest BCUT2D eigenvalue weighted by Crippen LogP contribution is -2.41. The van der Waals surface area contributed by atoms with Crippen LogP contribution in [0.1, 0.15) is 44.6 Å². The minimum atomic E-state index is -4.54. The Balaban J connectivity index is 1.42. The highest BCUT2D eigenvalue weighted by Crippen LogP contribution is 2.37. The standard InChI is InChI=1S/C25H22F3N7O2/c1-37-10-7-15-4-5-20-16(12-31-35(20)13-15)24(36)33-9-6-18-22(30-14-29-18)23(33)19-11-21-17(25(26,27)28)3-2-8-34(21)32-19/h2-5,8,11-14,23H,6-7,9-10H2,1H3,(H,29,30). The Hall–Kier alpha value is -4.19. The first kappa shape index (κ1) is 23.2. The summed E-state index contributed by atoms with van der Waals surface area (Å²) in [6.45, 7) is 0.900. The van der Waals surface area contributed by atoms with E-state index in [9.17, 15) is 18.0 Å². The molecular weight excluding hydrogens is 487 g/mol. The van der Waals surface area contributed by atoms with Crippen LogP contribution in [0.4, 0.5) is 13.2 Å². The highest BCUT2D eigenvalue weighted by atomic mass is 19.4. The van der Waals surface area contributed by atoms with Crippen LogP contribution in [0, 0.1) is 0 Å². The number of carbonyl (C=O) groups excluding carboxylic acids is 1. The summed E-state index contributed by atoms with van der Waals surface area (Å²) < 4.78 is 48.9. The quantitative estimate of drug-likeness (QED) is 0.390. The summed E-state index contributed by atoms with van der Waals surface area (Å²) in [5.41, 5.74) is 2.85. The minimum Gasteiger partial charge on any atom is -0.384 e. The van der Waals surface area contributed by atoms with Gasteiger partial charge in [0.1, 0.15) is 6.04 Å². The highest BCUT2D eigenvalue weighted by molar-refractivity contribution is 6.01. The third-order valence-electron chi connectivity index (χ3n) is 6.69. The van der Waals surface area contributed by atoms with Gasteiger partial charge in [-0.2, -0.15) is 23.4 Å². The van der Waals surface area contributed by atoms with Crippen LogP contribution < -0.4 is 0 Å². The van der Waals surface area contributed by atoms with Crippen LogP contribution in [0.25, 0.3) is 11.0 Å². The molecule has 6 heterocycles. The van der Waals surface area contributed by atoms with E-state index in [1.54, 1.807) is 16.5 Å². The lowest BCUT2D eigenvalue weighted by molar-refractivity contribution is -0.136. The topological polar surface area (TPSA) is 92.8 Å². The van der Waals surface area contributed by atoms with Crippen molar-refractivity contribution >= 4 is 16.9 Å². The maximum Gasteiger partial charge on any atom is 0.418 e. The van der Waals surface area contributed by atoms with Crippen LogP contribution in [0.3, 0.4) is 0 Å². The number of ether oxygens (including phenoxy) is 1. The van der Waals surface area contributed by atoms with Gasteiger partial charge in [-0.05, 0) is 36.2 Å². The molecule has 9 nitrogen and oxygen atoms in total. The smallest absolute Gasteiger partial charge is 0.384 e. The van der Waals surface area contributed by atoms with Crippen LogP contribution in [-0.2, 0) is 23.8 Å². The lowest BCUT2D eigenvalue weighted by Gasteiger charge is -2.33. The minimum absolute atomic E-state index is 0.0837. The second-order valence-corrected chi connectivity index (χ2v) is 8.90. The van der Waals surface area contributed by atoms with Crippen molar-refractivity contribution in [2.75, 3.05) is 20.3 Å². The number of methoxy groups -OCH3 is 1. The van der Waals surface area contributed by atoms with E-state index in [1.807, 2.05) is 18.3 Å². The molecule has 0 saturated heterocycles. The first-order chi connectivity index (χ1) is 17.8. The zero-order valence-corrected chi connectivity index (χ0v) is 19.7. The molecule has 1 unspecified atom stereocenters. The number of rotatable bonds is 5. The van der Waals surface area contributed by atoms with E-state index in [-0.39, 0.29) is 11.4 Å². The van der Waals surface area contributed by atoms with Gasteiger partial charge in [0.2, 0.25) is 0 Å². The summed E-state index contributed by atoms with van der Waals surface area (Å²) in [6.07, 6.45) is 3.04. The Morgan fingerprint density at radius 3 is 2.89 bits per heavy atom. The fraction of sp³-hybridized carbons (Fsp3) is 0.280. The summed E-state index contributed by atoms with van der Waals surface area (Å²) in [4.78, 5) is 23.0. The Labute approximate surface area is 208 Å². The molecule has 12 heteroatoms. The van der Waals surface area contributed by atoms with Gasteiger partial charge in [0.25, 0.3) is 5.91 Å². The largest absolute Gasteiger partial charge is 0.418 e. The number of hydrogen-bond donors (Lipinski definition) is 1. The highest BCUT2D eigenvalue weighted by Gasteiger charge is 2.39. The van der Waals surface area contributed by atoms with Crippen molar-refractivity contribution in [3.8, 4) is 0 Å². The predicted molar refractivity (Wildman–Crippen MR) is 126 cm³/mol. The Morgan fingerprint density at radius 1 is 1.22 bits per heavy atom. The number of amides is 1. The van der Waals surface area contributed by atoms with E-state index in [1.165, 1.54) is 35.4 Å². The van der Waals surface area contributed by atoms with Crippen LogP contribution in [0.2, 0.25) is 0 Å². The fourth-order valence-corrected chi connectivity index (χ4v) is 4.92. The molecule has 0 spiro atoms. The third-order valence-corrected chi connectivity index (χ3v) is 6.69. The van der Waals surface area contributed by atoms with Gasteiger partial charge >= 0.3 is 6.18 Å². The number of halogens is 3. The number of fused-ring (bicyclic) bond motifs is 3. The van der Waals surface area contributed by atoms with Gasteiger partial charge in [-0.3, -0.25) is 4.79 Å². The molecule has 37 heavy (non-hydrogen) atoms. The number of nitrogens with zero attached hydrogens (tertiary/aromatic N) is 6. The van der Waals surface area contributed by atoms with E-state index in [0.717, 1.165) is 17.3 Å². The van der Waals surface area contributed by atoms with Crippen LogP contribution in [-0.4, -0.2) is 60.3 Å². The summed E-state index contributed by atoms with van der Waals surface area (Å²) in [5, 5.41) is 8.81. The molecule has 0 fully saturated rings. The molecule has 1 amide bonds. The Bertz CT molecular complexity index is 1620. The predicted octanol–water partition coefficient (Wildman–Crippen LogP) is 3.70. The van der Waals surface area contributed by atoms with Crippen LogP contribution >= 0.6 is 0 Å². The molecule has 1 aliphatic heterocycles. The molecule has 0 aliphatic carbocycles. The number of imidazole rings is 1. The van der Waals surface area contributed by atoms with E-state index < -0.39 is 17.8 Å². The van der Waals surface area contributed by atoms with E-state index in [2.05, 4.69) is 20.2 Å². The van der Waals surface area contributed by atoms with Crippen molar-refractivity contribution in [3.05, 3.63) is 89.0 Å². The second-order valence-electron chi connectivity index (χ2n) is 8.90. The van der Waals surface area contributed by atoms with Gasteiger partial charge in [-0.25, -0.2) is 14.0 Å². The summed E-state index contributed by atoms with van der Waals surface area (Å²) in [5.74, 6) is -0.300. The maximum absolute atomic E-state index is 13.9. The van der Waals surface area contributed by atoms with Crippen molar-refractivity contribution in [3.63, 3.8) is 0 Å². The number of carbonyl (C=O) groups is 1. The van der Waals surface area contributed by atoms with Gasteiger partial charge in [-0.1, -0.05) is 6.07 Å². The molecule has 0 saturated carbocycles. The maximum atomic E-state index is 13.9. The Morgan fingerprint density at radius 2 is 2.08 bits per heavy atom. The van der Waals surface area contributed by atoms with Gasteiger partial charge in [0.05, 0.1) is 52.7 Å². The van der Waals surface area contributed by atoms with E-state index >= 15 is 0 Å². The molecule has 0 bridgehead atoms. The Kier molecular flexibility index (Phi) is 5.48. The first-order valence-corrected chi connectivity index (χ1v) is 11.7. The number of H-pyrrole nitrogens is 1. The lowest BCUT2D eigenvalue weighted by atomic mass is 9.98. The van der Waals surface area contributed by atoms with Crippen molar-refractivity contribution in [2.24, 2.45) is 0 Å². The normalized spacial score (nSPS) is 16.0. The molecule has 190 valence electrons. The number of alkyl halides is 3. The molecule has 0 aromatic carbocycles. The average molecular weight is 509 g/mol. The number of nitrogens with one attached hydrogen (secondary N) is 1. The van der Waals surface area contributed by atoms with E-state index in [4.69, 9.17) is 4.74 Å². The van der Waals surface area contributed by atoms with Crippen LogP contribution in [0.5, 0.6) is 0 Å². The van der Waals surface area contributed by atoms with Gasteiger partial charge < -0.3 is 14.6 Å². The number of pyridine rings is 2. The molecule has 5 aromatic heterocycles.